The number of hydrogen-bond acceptors (Lipinski definition) is 3. The Bertz CT molecular complexity index is 1310. The summed E-state index contributed by atoms with van der Waals surface area (Å²) in [5, 5.41) is 2.67. The monoisotopic (exact) mass is 399 g/mol. The molecule has 5 nitrogen and oxygen atoms in total. The molecule has 0 saturated carbocycles. The summed E-state index contributed by atoms with van der Waals surface area (Å²) in [6.07, 6.45) is 2.97. The van der Waals surface area contributed by atoms with Gasteiger partial charge in [0.25, 0.3) is 0 Å². The number of methoxy groups -OCH3 is 1. The number of hydrogen-bond donors (Lipinski definition) is 1. The first kappa shape index (κ1) is 17.8. The molecule has 2 heterocycles. The predicted octanol–water partition coefficient (Wildman–Crippen LogP) is 4.43. The van der Waals surface area contributed by atoms with Crippen LogP contribution in [-0.2, 0) is 6.42 Å². The zero-order chi connectivity index (χ0) is 20.2. The topological polar surface area (TPSA) is 50.3 Å². The van der Waals surface area contributed by atoms with E-state index in [9.17, 15) is 4.79 Å². The first-order valence-corrected chi connectivity index (χ1v) is 10.8. The lowest BCUT2D eigenvalue weighted by molar-refractivity contribution is 0.137. The number of piperidine rings is 1. The molecule has 3 aromatic carbocycles. The lowest BCUT2D eigenvalue weighted by Gasteiger charge is -2.36. The third kappa shape index (κ3) is 2.55. The number of aromatic nitrogens is 2. The van der Waals surface area contributed by atoms with Crippen LogP contribution in [0.3, 0.4) is 0 Å². The molecule has 1 aliphatic heterocycles. The maximum atomic E-state index is 12.6. The van der Waals surface area contributed by atoms with Crippen LogP contribution in [0.15, 0.2) is 59.4 Å². The Morgan fingerprint density at radius 2 is 1.83 bits per heavy atom. The van der Waals surface area contributed by atoms with Crippen LogP contribution >= 0.6 is 0 Å². The van der Waals surface area contributed by atoms with Gasteiger partial charge >= 0.3 is 5.69 Å². The fraction of sp³-hybridized carbons (Fsp3) is 0.320. The fourth-order valence-corrected chi connectivity index (χ4v) is 5.66. The van der Waals surface area contributed by atoms with Crippen molar-refractivity contribution in [2.24, 2.45) is 0 Å². The minimum atomic E-state index is 0.0115. The lowest BCUT2D eigenvalue weighted by atomic mass is 9.99. The number of imidazole rings is 1. The van der Waals surface area contributed by atoms with E-state index in [1.807, 2.05) is 28.8 Å². The summed E-state index contributed by atoms with van der Waals surface area (Å²) in [4.78, 5) is 18.2. The highest BCUT2D eigenvalue weighted by atomic mass is 16.5. The van der Waals surface area contributed by atoms with Gasteiger partial charge < -0.3 is 9.72 Å². The molecule has 30 heavy (non-hydrogen) atoms. The molecule has 0 spiro atoms. The van der Waals surface area contributed by atoms with Gasteiger partial charge in [-0.3, -0.25) is 9.47 Å². The summed E-state index contributed by atoms with van der Waals surface area (Å²) in [5.41, 5.74) is 4.71. The average Bonchev–Trinajstić information content (AvgIpc) is 3.33. The smallest absolute Gasteiger partial charge is 0.326 e. The van der Waals surface area contributed by atoms with Crippen molar-refractivity contribution >= 4 is 21.8 Å². The highest BCUT2D eigenvalue weighted by Gasteiger charge is 2.34. The van der Waals surface area contributed by atoms with Gasteiger partial charge in [-0.15, -0.1) is 0 Å². The quantitative estimate of drug-likeness (QED) is 0.555. The van der Waals surface area contributed by atoms with Gasteiger partial charge in [-0.2, -0.15) is 0 Å². The molecule has 6 rings (SSSR count). The molecule has 1 saturated heterocycles. The summed E-state index contributed by atoms with van der Waals surface area (Å²) >= 11 is 0. The van der Waals surface area contributed by atoms with Crippen molar-refractivity contribution in [2.45, 2.75) is 31.3 Å². The summed E-state index contributed by atoms with van der Waals surface area (Å²) in [6, 6.07) is 19.5. The molecule has 1 aliphatic carbocycles. The molecule has 5 heteroatoms. The highest BCUT2D eigenvalue weighted by Crippen LogP contribution is 2.45. The van der Waals surface area contributed by atoms with Crippen LogP contribution in [0.4, 0.5) is 0 Å². The predicted molar refractivity (Wildman–Crippen MR) is 119 cm³/mol. The molecule has 1 unspecified atom stereocenters. The Labute approximate surface area is 174 Å². The molecule has 0 radical (unpaired) electrons. The largest absolute Gasteiger partial charge is 0.496 e. The molecular weight excluding hydrogens is 374 g/mol. The second kappa shape index (κ2) is 6.74. The number of para-hydroxylation sites is 2. The van der Waals surface area contributed by atoms with Gasteiger partial charge in [-0.1, -0.05) is 36.4 Å². The number of benzene rings is 3. The van der Waals surface area contributed by atoms with Gasteiger partial charge in [0.2, 0.25) is 0 Å². The normalized spacial score (nSPS) is 19.7. The van der Waals surface area contributed by atoms with Gasteiger partial charge in [0.15, 0.2) is 0 Å². The Morgan fingerprint density at radius 3 is 2.67 bits per heavy atom. The van der Waals surface area contributed by atoms with E-state index >= 15 is 0 Å². The van der Waals surface area contributed by atoms with Crippen molar-refractivity contribution in [3.8, 4) is 5.75 Å². The van der Waals surface area contributed by atoms with Crippen LogP contribution in [0.1, 0.15) is 36.1 Å². The van der Waals surface area contributed by atoms with E-state index in [0.29, 0.717) is 6.04 Å². The number of aromatic amines is 1. The molecule has 2 aliphatic rings. The maximum Gasteiger partial charge on any atom is 0.326 e. The van der Waals surface area contributed by atoms with Crippen molar-refractivity contribution in [2.75, 3.05) is 20.2 Å². The second-order valence-electron chi connectivity index (χ2n) is 8.50. The molecular formula is C25H25N3O2. The molecule has 1 N–H and O–H groups in total. The van der Waals surface area contributed by atoms with Crippen LogP contribution in [0.25, 0.3) is 21.8 Å². The van der Waals surface area contributed by atoms with Crippen molar-refractivity contribution in [3.63, 3.8) is 0 Å². The highest BCUT2D eigenvalue weighted by molar-refractivity contribution is 5.93. The van der Waals surface area contributed by atoms with Gasteiger partial charge in [-0.05, 0) is 53.8 Å². The lowest BCUT2D eigenvalue weighted by Crippen LogP contribution is -2.39. The van der Waals surface area contributed by atoms with Gasteiger partial charge in [-0.25, -0.2) is 4.79 Å². The second-order valence-corrected chi connectivity index (χ2v) is 8.50. The summed E-state index contributed by atoms with van der Waals surface area (Å²) in [5.74, 6) is 0.998. The minimum Gasteiger partial charge on any atom is -0.496 e. The van der Waals surface area contributed by atoms with Crippen molar-refractivity contribution in [1.29, 1.82) is 0 Å². The summed E-state index contributed by atoms with van der Waals surface area (Å²) in [6.45, 7) is 1.99. The van der Waals surface area contributed by atoms with Crippen molar-refractivity contribution in [1.82, 2.24) is 14.5 Å². The van der Waals surface area contributed by atoms with Crippen LogP contribution in [0.2, 0.25) is 0 Å². The van der Waals surface area contributed by atoms with Crippen LogP contribution in [0.5, 0.6) is 5.75 Å². The van der Waals surface area contributed by atoms with Crippen LogP contribution in [-0.4, -0.2) is 34.7 Å². The van der Waals surface area contributed by atoms with E-state index < -0.39 is 0 Å². The molecule has 4 aromatic rings. The maximum absolute atomic E-state index is 12.6. The van der Waals surface area contributed by atoms with Gasteiger partial charge in [0.05, 0.1) is 18.1 Å². The Hall–Kier alpha value is -3.05. The van der Waals surface area contributed by atoms with E-state index in [-0.39, 0.29) is 11.7 Å². The zero-order valence-electron chi connectivity index (χ0n) is 17.1. The SMILES string of the molecule is COc1ccc2cccc3c2c1CC3N1CCC(n2c(=O)[nH]c3ccccc32)CC1. The van der Waals surface area contributed by atoms with Gasteiger partial charge in [0.1, 0.15) is 5.75 Å². The third-order valence-corrected chi connectivity index (χ3v) is 7.05. The molecule has 0 amide bonds. The number of fused-ring (bicyclic) bond motifs is 1. The van der Waals surface area contributed by atoms with Crippen LogP contribution in [0, 0.1) is 0 Å². The van der Waals surface area contributed by atoms with Gasteiger partial charge in [0, 0.05) is 30.7 Å². The minimum absolute atomic E-state index is 0.0115. The summed E-state index contributed by atoms with van der Waals surface area (Å²) < 4.78 is 7.65. The van der Waals surface area contributed by atoms with Crippen molar-refractivity contribution < 1.29 is 4.74 Å². The van der Waals surface area contributed by atoms with E-state index in [1.54, 1.807) is 7.11 Å². The number of likely N-dealkylation sites (tertiary alicyclic amines) is 1. The molecule has 1 atom stereocenters. The summed E-state index contributed by atoms with van der Waals surface area (Å²) in [7, 11) is 1.76. The first-order chi connectivity index (χ1) is 14.7. The number of rotatable bonds is 3. The standard InChI is InChI=1S/C25H25N3O2/c1-30-23-10-9-16-5-4-6-18-22(15-19(23)24(16)18)27-13-11-17(12-14-27)28-21-8-3-2-7-20(21)26-25(28)29/h2-10,17,22H,11-15H2,1H3,(H,26,29). The third-order valence-electron chi connectivity index (χ3n) is 7.05. The van der Waals surface area contributed by atoms with Crippen molar-refractivity contribution in [3.05, 3.63) is 76.2 Å². The molecule has 152 valence electrons. The Kier molecular flexibility index (Phi) is 4.00. The molecule has 1 aromatic heterocycles. The fourth-order valence-electron chi connectivity index (χ4n) is 5.66. The van der Waals surface area contributed by atoms with E-state index in [4.69, 9.17) is 4.74 Å². The van der Waals surface area contributed by atoms with E-state index in [0.717, 1.165) is 49.1 Å². The number of H-pyrrole nitrogens is 1. The Morgan fingerprint density at radius 1 is 1.00 bits per heavy atom. The molecule has 1 fully saturated rings. The first-order valence-electron chi connectivity index (χ1n) is 10.8. The Balaban J connectivity index is 1.28. The molecule has 0 bridgehead atoms. The number of ether oxygens (including phenoxy) is 1. The van der Waals surface area contributed by atoms with Crippen LogP contribution < -0.4 is 10.4 Å². The van der Waals surface area contributed by atoms with E-state index in [2.05, 4.69) is 40.2 Å². The number of nitrogens with zero attached hydrogens (tertiary/aromatic N) is 2. The van der Waals surface area contributed by atoms with E-state index in [1.165, 1.54) is 21.9 Å². The number of nitrogens with one attached hydrogen (secondary N) is 1. The average molecular weight is 399 g/mol. The zero-order valence-corrected chi connectivity index (χ0v) is 17.1.